The van der Waals surface area contributed by atoms with Crippen LogP contribution >= 0.6 is 0 Å². The van der Waals surface area contributed by atoms with Crippen molar-refractivity contribution < 1.29 is 4.79 Å². The number of anilines is 1. The quantitative estimate of drug-likeness (QED) is 0.577. The summed E-state index contributed by atoms with van der Waals surface area (Å²) in [5, 5.41) is 7.23. The number of fused-ring (bicyclic) bond motifs is 1. The number of benzene rings is 2. The Morgan fingerprint density at radius 1 is 1.00 bits per heavy atom. The minimum atomic E-state index is 0.00687. The number of para-hydroxylation sites is 1. The molecular formula is C25H33N5O. The lowest BCUT2D eigenvalue weighted by atomic mass is 9.88. The standard InChI is InChI=1S/C25H33N5O/c1-29(2)24(31)17-26-25(27-21-13-12-19-8-6-7-9-20(19)16-21)28-22-14-15-30(18-22)23-10-4-3-5-11-23/h3-11,21-22H,12-18H2,1-2H3,(H2,26,27,28). The Morgan fingerprint density at radius 2 is 1.71 bits per heavy atom. The lowest BCUT2D eigenvalue weighted by Crippen LogP contribution is -2.50. The van der Waals surface area contributed by atoms with E-state index in [1.54, 1.807) is 19.0 Å². The van der Waals surface area contributed by atoms with E-state index in [1.165, 1.54) is 16.8 Å². The van der Waals surface area contributed by atoms with Gasteiger partial charge in [-0.3, -0.25) is 4.79 Å². The number of nitrogens with zero attached hydrogens (tertiary/aromatic N) is 3. The third kappa shape index (κ3) is 5.57. The van der Waals surface area contributed by atoms with E-state index in [0.29, 0.717) is 12.1 Å². The van der Waals surface area contributed by atoms with E-state index >= 15 is 0 Å². The number of carbonyl (C=O) groups excluding carboxylic acids is 1. The number of aliphatic imine (C=N–C) groups is 1. The highest BCUT2D eigenvalue weighted by Crippen LogP contribution is 2.22. The van der Waals surface area contributed by atoms with Crippen LogP contribution in [0.15, 0.2) is 59.6 Å². The average Bonchev–Trinajstić information content (AvgIpc) is 3.26. The van der Waals surface area contributed by atoms with Gasteiger partial charge in [-0.25, -0.2) is 4.99 Å². The number of guanidine groups is 1. The predicted octanol–water partition coefficient (Wildman–Crippen LogP) is 2.45. The molecule has 6 heteroatoms. The second-order valence-corrected chi connectivity index (χ2v) is 8.72. The van der Waals surface area contributed by atoms with Gasteiger partial charge in [-0.1, -0.05) is 42.5 Å². The molecule has 2 aromatic rings. The summed E-state index contributed by atoms with van der Waals surface area (Å²) in [6, 6.07) is 19.8. The first-order valence-electron chi connectivity index (χ1n) is 11.2. The Morgan fingerprint density at radius 3 is 2.48 bits per heavy atom. The maximum absolute atomic E-state index is 12.1. The number of nitrogens with one attached hydrogen (secondary N) is 2. The predicted molar refractivity (Wildman–Crippen MR) is 127 cm³/mol. The zero-order valence-corrected chi connectivity index (χ0v) is 18.6. The van der Waals surface area contributed by atoms with E-state index in [1.807, 2.05) is 6.07 Å². The molecule has 2 aromatic carbocycles. The lowest BCUT2D eigenvalue weighted by Gasteiger charge is -2.28. The van der Waals surface area contributed by atoms with Crippen LogP contribution in [-0.2, 0) is 17.6 Å². The third-order valence-electron chi connectivity index (χ3n) is 6.21. The molecular weight excluding hydrogens is 386 g/mol. The van der Waals surface area contributed by atoms with Gasteiger partial charge in [0.15, 0.2) is 5.96 Å². The van der Waals surface area contributed by atoms with Gasteiger partial charge < -0.3 is 20.4 Å². The van der Waals surface area contributed by atoms with Gasteiger partial charge in [-0.05, 0) is 48.9 Å². The fourth-order valence-electron chi connectivity index (χ4n) is 4.38. The van der Waals surface area contributed by atoms with Crippen molar-refractivity contribution in [1.82, 2.24) is 15.5 Å². The van der Waals surface area contributed by atoms with Crippen molar-refractivity contribution in [3.8, 4) is 0 Å². The molecule has 4 rings (SSSR count). The Balaban J connectivity index is 1.41. The second-order valence-electron chi connectivity index (χ2n) is 8.72. The summed E-state index contributed by atoms with van der Waals surface area (Å²) in [6.45, 7) is 2.10. The van der Waals surface area contributed by atoms with Crippen molar-refractivity contribution >= 4 is 17.6 Å². The van der Waals surface area contributed by atoms with E-state index in [2.05, 4.69) is 69.1 Å². The first-order valence-corrected chi connectivity index (χ1v) is 11.2. The maximum Gasteiger partial charge on any atom is 0.243 e. The molecule has 0 bridgehead atoms. The van der Waals surface area contributed by atoms with E-state index in [9.17, 15) is 4.79 Å². The van der Waals surface area contributed by atoms with Gasteiger partial charge in [0.2, 0.25) is 5.91 Å². The molecule has 2 N–H and O–H groups in total. The van der Waals surface area contributed by atoms with Crippen LogP contribution in [0, 0.1) is 0 Å². The monoisotopic (exact) mass is 419 g/mol. The minimum absolute atomic E-state index is 0.00687. The SMILES string of the molecule is CN(C)C(=O)CN=C(NC1CCc2ccccc2C1)NC1CCN(c2ccccc2)C1. The fourth-order valence-corrected chi connectivity index (χ4v) is 4.38. The molecule has 1 aliphatic heterocycles. The number of hydrogen-bond acceptors (Lipinski definition) is 3. The summed E-state index contributed by atoms with van der Waals surface area (Å²) in [7, 11) is 3.54. The van der Waals surface area contributed by atoms with E-state index in [-0.39, 0.29) is 12.5 Å². The summed E-state index contributed by atoms with van der Waals surface area (Å²) in [4.78, 5) is 20.8. The smallest absolute Gasteiger partial charge is 0.243 e. The number of carbonyl (C=O) groups is 1. The Labute approximate surface area is 185 Å². The second kappa shape index (κ2) is 9.86. The molecule has 2 unspecified atom stereocenters. The first kappa shape index (κ1) is 21.2. The molecule has 31 heavy (non-hydrogen) atoms. The Bertz CT molecular complexity index is 911. The highest BCUT2D eigenvalue weighted by atomic mass is 16.2. The first-order chi connectivity index (χ1) is 15.1. The van der Waals surface area contributed by atoms with Gasteiger partial charge in [-0.2, -0.15) is 0 Å². The Kier molecular flexibility index (Phi) is 6.75. The van der Waals surface area contributed by atoms with E-state index in [0.717, 1.165) is 44.7 Å². The molecule has 2 aliphatic rings. The van der Waals surface area contributed by atoms with Crippen LogP contribution in [0.1, 0.15) is 24.0 Å². The summed E-state index contributed by atoms with van der Waals surface area (Å²) in [5.74, 6) is 0.756. The van der Waals surface area contributed by atoms with Gasteiger partial charge in [0.05, 0.1) is 0 Å². The van der Waals surface area contributed by atoms with Gasteiger partial charge >= 0.3 is 0 Å². The number of amides is 1. The van der Waals surface area contributed by atoms with Crippen LogP contribution in [0.5, 0.6) is 0 Å². The molecule has 1 amide bonds. The van der Waals surface area contributed by atoms with Crippen molar-refractivity contribution in [3.63, 3.8) is 0 Å². The zero-order valence-electron chi connectivity index (χ0n) is 18.6. The van der Waals surface area contributed by atoms with Crippen molar-refractivity contribution in [3.05, 3.63) is 65.7 Å². The zero-order chi connectivity index (χ0) is 21.6. The van der Waals surface area contributed by atoms with E-state index < -0.39 is 0 Å². The van der Waals surface area contributed by atoms with Crippen LogP contribution in [0.4, 0.5) is 5.69 Å². The lowest BCUT2D eigenvalue weighted by molar-refractivity contribution is -0.127. The number of likely N-dealkylation sites (N-methyl/N-ethyl adjacent to an activating group) is 1. The Hall–Kier alpha value is -3.02. The molecule has 1 fully saturated rings. The molecule has 0 spiro atoms. The van der Waals surface area contributed by atoms with Gasteiger partial charge in [0.1, 0.15) is 6.54 Å². The molecule has 1 saturated heterocycles. The molecule has 0 radical (unpaired) electrons. The summed E-state index contributed by atoms with van der Waals surface area (Å²) in [6.07, 6.45) is 4.17. The van der Waals surface area contributed by atoms with E-state index in [4.69, 9.17) is 0 Å². The number of rotatable bonds is 5. The van der Waals surface area contributed by atoms with Gasteiger partial charge in [0.25, 0.3) is 0 Å². The number of aryl methyl sites for hydroxylation is 1. The summed E-state index contributed by atoms with van der Waals surface area (Å²) < 4.78 is 0. The highest BCUT2D eigenvalue weighted by molar-refractivity contribution is 5.85. The van der Waals surface area contributed by atoms with Crippen LogP contribution in [-0.4, -0.2) is 62.6 Å². The van der Waals surface area contributed by atoms with Crippen molar-refractivity contribution in [2.24, 2.45) is 4.99 Å². The largest absolute Gasteiger partial charge is 0.369 e. The molecule has 1 aliphatic carbocycles. The summed E-state index contributed by atoms with van der Waals surface area (Å²) >= 11 is 0. The normalized spacial score (nSPS) is 20.8. The molecule has 6 nitrogen and oxygen atoms in total. The fraction of sp³-hybridized carbons (Fsp3) is 0.440. The van der Waals surface area contributed by atoms with Crippen LogP contribution in [0.25, 0.3) is 0 Å². The van der Waals surface area contributed by atoms with Crippen LogP contribution < -0.4 is 15.5 Å². The van der Waals surface area contributed by atoms with Crippen LogP contribution in [0.2, 0.25) is 0 Å². The molecule has 2 atom stereocenters. The molecule has 0 aromatic heterocycles. The number of hydrogen-bond donors (Lipinski definition) is 2. The van der Waals surface area contributed by atoms with Gasteiger partial charge in [-0.15, -0.1) is 0 Å². The van der Waals surface area contributed by atoms with Crippen molar-refractivity contribution in [2.75, 3.05) is 38.6 Å². The molecule has 0 saturated carbocycles. The molecule has 164 valence electrons. The topological polar surface area (TPSA) is 60.0 Å². The molecule has 1 heterocycles. The van der Waals surface area contributed by atoms with Crippen molar-refractivity contribution in [1.29, 1.82) is 0 Å². The maximum atomic E-state index is 12.1. The minimum Gasteiger partial charge on any atom is -0.369 e. The average molecular weight is 420 g/mol. The highest BCUT2D eigenvalue weighted by Gasteiger charge is 2.25. The summed E-state index contributed by atoms with van der Waals surface area (Å²) in [5.41, 5.74) is 4.11. The van der Waals surface area contributed by atoms with Crippen LogP contribution in [0.3, 0.4) is 0 Å². The third-order valence-corrected chi connectivity index (χ3v) is 6.21. The van der Waals surface area contributed by atoms with Crippen molar-refractivity contribution in [2.45, 2.75) is 37.8 Å². The van der Waals surface area contributed by atoms with Gasteiger partial charge in [0, 0.05) is 45.0 Å².